The number of aromatic nitrogens is 1. The van der Waals surface area contributed by atoms with Gasteiger partial charge < -0.3 is 19.1 Å². The van der Waals surface area contributed by atoms with Crippen LogP contribution in [0.1, 0.15) is 29.2 Å². The third kappa shape index (κ3) is 2.81. The van der Waals surface area contributed by atoms with Crippen molar-refractivity contribution in [2.75, 3.05) is 14.2 Å². The molecule has 0 bridgehead atoms. The average Bonchev–Trinajstić information content (AvgIpc) is 2.95. The summed E-state index contributed by atoms with van der Waals surface area (Å²) >= 11 is 0. The fourth-order valence-electron chi connectivity index (χ4n) is 1.91. The van der Waals surface area contributed by atoms with Crippen LogP contribution < -0.4 is 9.47 Å². The first-order chi connectivity index (χ1) is 9.97. The molecule has 21 heavy (non-hydrogen) atoms. The van der Waals surface area contributed by atoms with Crippen LogP contribution in [0.2, 0.25) is 0 Å². The molecule has 1 N–H and O–H groups in total. The molecular formula is C14H14FNO5. The van der Waals surface area contributed by atoms with Crippen LogP contribution in [0, 0.1) is 0 Å². The van der Waals surface area contributed by atoms with Gasteiger partial charge in [-0.3, -0.25) is 0 Å². The maximum Gasteiger partial charge on any atom is 0.374 e. The van der Waals surface area contributed by atoms with Crippen molar-refractivity contribution in [3.05, 3.63) is 29.5 Å². The first kappa shape index (κ1) is 14.8. The number of rotatable bonds is 5. The Morgan fingerprint density at radius 2 is 2.05 bits per heavy atom. The molecule has 0 spiro atoms. The Morgan fingerprint density at radius 1 is 1.33 bits per heavy atom. The number of alkyl halides is 1. The molecule has 0 saturated carbocycles. The van der Waals surface area contributed by atoms with Gasteiger partial charge >= 0.3 is 5.97 Å². The number of halogens is 1. The number of hydrogen-bond acceptors (Lipinski definition) is 5. The van der Waals surface area contributed by atoms with Crippen molar-refractivity contribution in [2.24, 2.45) is 0 Å². The molecule has 1 unspecified atom stereocenters. The number of ether oxygens (including phenoxy) is 2. The smallest absolute Gasteiger partial charge is 0.374 e. The van der Waals surface area contributed by atoms with Gasteiger partial charge in [-0.05, 0) is 24.6 Å². The molecule has 0 aliphatic heterocycles. The van der Waals surface area contributed by atoms with Crippen molar-refractivity contribution in [1.82, 2.24) is 5.16 Å². The molecule has 1 aromatic carbocycles. The topological polar surface area (TPSA) is 81.8 Å². The van der Waals surface area contributed by atoms with E-state index in [2.05, 4.69) is 5.16 Å². The lowest BCUT2D eigenvalue weighted by molar-refractivity contribution is 0.0652. The fourth-order valence-corrected chi connectivity index (χ4v) is 1.91. The minimum absolute atomic E-state index is 0.227. The van der Waals surface area contributed by atoms with Crippen LogP contribution in [-0.4, -0.2) is 30.5 Å². The third-order valence-corrected chi connectivity index (χ3v) is 2.96. The van der Waals surface area contributed by atoms with Gasteiger partial charge in [0.1, 0.15) is 11.9 Å². The molecule has 0 amide bonds. The minimum atomic E-state index is -1.24. The summed E-state index contributed by atoms with van der Waals surface area (Å²) in [6, 6.07) is 4.28. The van der Waals surface area contributed by atoms with E-state index in [-0.39, 0.29) is 11.5 Å². The first-order valence-electron chi connectivity index (χ1n) is 6.08. The second-order valence-corrected chi connectivity index (χ2v) is 4.30. The van der Waals surface area contributed by atoms with Gasteiger partial charge in [-0.1, -0.05) is 5.16 Å². The van der Waals surface area contributed by atoms with E-state index in [0.717, 1.165) is 0 Å². The summed E-state index contributed by atoms with van der Waals surface area (Å²) in [6.07, 6.45) is -1.23. The highest BCUT2D eigenvalue weighted by Gasteiger charge is 2.20. The van der Waals surface area contributed by atoms with Gasteiger partial charge in [-0.2, -0.15) is 0 Å². The van der Waals surface area contributed by atoms with E-state index in [4.69, 9.17) is 19.1 Å². The highest BCUT2D eigenvalue weighted by atomic mass is 19.1. The Kier molecular flexibility index (Phi) is 4.11. The number of carboxylic acid groups (broad SMARTS) is 1. The fraction of sp³-hybridized carbons (Fsp3) is 0.286. The molecule has 0 aliphatic carbocycles. The lowest BCUT2D eigenvalue weighted by Crippen LogP contribution is -1.97. The van der Waals surface area contributed by atoms with Gasteiger partial charge in [0.2, 0.25) is 5.76 Å². The Morgan fingerprint density at radius 3 is 2.52 bits per heavy atom. The molecular weight excluding hydrogens is 281 g/mol. The number of carboxylic acids is 1. The monoisotopic (exact) mass is 295 g/mol. The molecule has 1 atom stereocenters. The average molecular weight is 295 g/mol. The normalized spacial score (nSPS) is 12.0. The summed E-state index contributed by atoms with van der Waals surface area (Å²) < 4.78 is 28.7. The highest BCUT2D eigenvalue weighted by Crippen LogP contribution is 2.40. The molecule has 6 nitrogen and oxygen atoms in total. The molecule has 0 saturated heterocycles. The summed E-state index contributed by atoms with van der Waals surface area (Å²) in [5.41, 5.74) is 0.986. The number of benzene rings is 1. The quantitative estimate of drug-likeness (QED) is 0.912. The number of nitrogens with zero attached hydrogens (tertiary/aromatic N) is 1. The van der Waals surface area contributed by atoms with Crippen LogP contribution in [0.4, 0.5) is 4.39 Å². The lowest BCUT2D eigenvalue weighted by Gasteiger charge is -2.14. The van der Waals surface area contributed by atoms with E-state index < -0.39 is 12.1 Å². The minimum Gasteiger partial charge on any atom is -0.493 e. The Hall–Kier alpha value is -2.57. The second kappa shape index (κ2) is 5.82. The van der Waals surface area contributed by atoms with Gasteiger partial charge in [0.25, 0.3) is 0 Å². The zero-order valence-electron chi connectivity index (χ0n) is 11.7. The Balaban J connectivity index is 2.63. The van der Waals surface area contributed by atoms with Crippen molar-refractivity contribution in [1.29, 1.82) is 0 Å². The third-order valence-electron chi connectivity index (χ3n) is 2.96. The summed E-state index contributed by atoms with van der Waals surface area (Å²) in [5.74, 6) is -0.902. The molecule has 7 heteroatoms. The van der Waals surface area contributed by atoms with Gasteiger partial charge in [-0.25, -0.2) is 9.18 Å². The van der Waals surface area contributed by atoms with E-state index in [9.17, 15) is 9.18 Å². The van der Waals surface area contributed by atoms with Crippen LogP contribution in [0.15, 0.2) is 22.7 Å². The number of aromatic carboxylic acids is 1. The molecule has 0 aliphatic rings. The van der Waals surface area contributed by atoms with E-state index in [0.29, 0.717) is 22.6 Å². The predicted molar refractivity (Wildman–Crippen MR) is 71.5 cm³/mol. The maximum atomic E-state index is 13.6. The van der Waals surface area contributed by atoms with E-state index in [1.54, 1.807) is 0 Å². The number of carbonyl (C=O) groups is 1. The standard InChI is InChI=1S/C14H14FNO5/c1-7(15)8-4-9(13(20-3)11(5-8)19-2)10-6-12(14(17)18)21-16-10/h4-7H,1-3H3,(H,17,18). The van der Waals surface area contributed by atoms with E-state index in [1.807, 2.05) is 0 Å². The van der Waals surface area contributed by atoms with Crippen molar-refractivity contribution in [3.8, 4) is 22.8 Å². The van der Waals surface area contributed by atoms with Gasteiger partial charge in [0.05, 0.1) is 19.8 Å². The molecule has 1 aromatic heterocycles. The lowest BCUT2D eigenvalue weighted by atomic mass is 10.0. The number of methoxy groups -OCH3 is 2. The van der Waals surface area contributed by atoms with Gasteiger partial charge in [-0.15, -0.1) is 0 Å². The summed E-state index contributed by atoms with van der Waals surface area (Å²) in [5, 5.41) is 12.5. The Labute approximate surface area is 120 Å². The first-order valence-corrected chi connectivity index (χ1v) is 6.08. The van der Waals surface area contributed by atoms with E-state index in [1.165, 1.54) is 39.3 Å². The Bertz CT molecular complexity index is 665. The van der Waals surface area contributed by atoms with Crippen LogP contribution in [0.25, 0.3) is 11.3 Å². The van der Waals surface area contributed by atoms with Crippen LogP contribution in [0.5, 0.6) is 11.5 Å². The van der Waals surface area contributed by atoms with Crippen molar-refractivity contribution in [2.45, 2.75) is 13.1 Å². The molecule has 1 heterocycles. The molecule has 2 rings (SSSR count). The highest BCUT2D eigenvalue weighted by molar-refractivity contribution is 5.86. The van der Waals surface area contributed by atoms with Crippen LogP contribution in [0.3, 0.4) is 0 Å². The van der Waals surface area contributed by atoms with Gasteiger partial charge in [0.15, 0.2) is 11.5 Å². The van der Waals surface area contributed by atoms with Crippen molar-refractivity contribution in [3.63, 3.8) is 0 Å². The zero-order chi connectivity index (χ0) is 15.6. The number of hydrogen-bond donors (Lipinski definition) is 1. The van der Waals surface area contributed by atoms with Gasteiger partial charge in [0, 0.05) is 6.07 Å². The molecule has 2 aromatic rings. The maximum absolute atomic E-state index is 13.6. The molecule has 0 fully saturated rings. The van der Waals surface area contributed by atoms with Crippen LogP contribution >= 0.6 is 0 Å². The summed E-state index contributed by atoms with van der Waals surface area (Å²) in [7, 11) is 2.86. The predicted octanol–water partition coefficient (Wildman–Crippen LogP) is 3.09. The van der Waals surface area contributed by atoms with Crippen LogP contribution in [-0.2, 0) is 0 Å². The largest absolute Gasteiger partial charge is 0.493 e. The molecule has 112 valence electrons. The van der Waals surface area contributed by atoms with Crippen molar-refractivity contribution >= 4 is 5.97 Å². The second-order valence-electron chi connectivity index (χ2n) is 4.30. The summed E-state index contributed by atoms with van der Waals surface area (Å²) in [4.78, 5) is 10.8. The zero-order valence-corrected chi connectivity index (χ0v) is 11.7. The van der Waals surface area contributed by atoms with Crippen molar-refractivity contribution < 1.29 is 28.3 Å². The summed E-state index contributed by atoms with van der Waals surface area (Å²) in [6.45, 7) is 1.39. The molecule has 0 radical (unpaired) electrons. The van der Waals surface area contributed by atoms with E-state index >= 15 is 0 Å². The SMILES string of the molecule is COc1cc(C(C)F)cc(-c2cc(C(=O)O)on2)c1OC.